The monoisotopic (exact) mass is 2500 g/mol. The fraction of sp³-hybridized carbons (Fsp3) is 0.316. The largest absolute Gasteiger partial charge is 0.512 e. The number of hydrogen-bond acceptors (Lipinski definition) is 12. The first-order valence-corrected chi connectivity index (χ1v) is 44.2. The van der Waals surface area contributed by atoms with Gasteiger partial charge in [0.1, 0.15) is 17.3 Å². The first-order chi connectivity index (χ1) is 60.3. The Labute approximate surface area is 848 Å². The molecule has 4 N–H and O–H groups in total. The number of Topliss-reactive ketones (excluding diaryl/α,β-unsaturated/α-hetero) is 1. The van der Waals surface area contributed by atoms with E-state index < -0.39 is 10.8 Å². The molecule has 0 saturated heterocycles. The molecule has 0 fully saturated rings. The zero-order chi connectivity index (χ0) is 96.2. The normalized spacial score (nSPS) is 11.5. The Morgan fingerprint density at radius 3 is 1.12 bits per heavy atom. The number of hydrogen-bond donors (Lipinski definition) is 4. The van der Waals surface area contributed by atoms with Gasteiger partial charge in [-0.15, -0.1) is 141 Å². The van der Waals surface area contributed by atoms with Crippen LogP contribution in [0.3, 0.4) is 0 Å². The van der Waals surface area contributed by atoms with Crippen LogP contribution in [-0.2, 0) is 112 Å². The molecule has 9 aromatic carbocycles. The van der Waals surface area contributed by atoms with Crippen LogP contribution in [0.1, 0.15) is 205 Å². The molecule has 0 saturated carbocycles. The van der Waals surface area contributed by atoms with Gasteiger partial charge in [0.15, 0.2) is 23.1 Å². The maximum Gasteiger partial charge on any atom is 0.164 e. The minimum atomic E-state index is -0.417. The maximum atomic E-state index is 11.5. The smallest absolute Gasteiger partial charge is 0.164 e. The van der Waals surface area contributed by atoms with Crippen LogP contribution in [0, 0.1) is 120 Å². The molecule has 712 valence electrons. The SMILES string of the molecule is CC(=O)C(=C(C)O)c1ccccc1.CC(=O)C=C(C)O.CC(C)(C)C(=O)C=C(O)C(C)(C)C.CC(C)(C)C(=O)C=C(O)C(C)(C)C.Cc1[c-]c(-c2cc(CC(C)C)c3ccccc3n2)cc(C)c1.Cc1[c-]c(-c2cc(CC(C)C)c3ccccc3n2)cc(C)c1.Cc1[c-]c(-c2ccc3ccccc3n2)cc(C)c1.Cc1cc(C)cc(-c2cnc(-c3[c-]cccc3)cc2C)c1.[Ir].[Ir].[Ir].[Ir]. The predicted octanol–water partition coefficient (Wildman–Crippen LogP) is 30.3. The standard InChI is InChI=1S/2C21H22N.C20H18N.C17H14N.C11H12O2.2C11H20O2.C5H8O2.4Ir/c2*1-14(2)9-17-13-21(18-11-15(3)10-16(4)12-18)22-20-8-6-5-7-19(17)20;1-14-9-15(2)11-18(10-14)19-13-21-20(12-16(19)3)17-7-5-4-6-8-17;1-12-9-13(2)11-15(10-12)17-8-7-14-5-3-4-6-16(14)18-17;1-8(12)11(9(2)13)10-6-4-3-5-7-10;2*1-10(2,3)8(12)7-9(13)11(4,5)6;1-4(6)3-5(2)7;;;;/h2*5-8,10-11,13-14H,9H2,1-4H3;4-7,9-13H,1-3H3;3-10H,1-2H3;3-7,12H,1-2H3;2*7,12H,1-6H3;3,6H,1-2H3;;;;/q4*-1;;;;;;;;. The van der Waals surface area contributed by atoms with Gasteiger partial charge in [-0.3, -0.25) is 34.1 Å². The molecule has 0 aliphatic carbocycles. The molecule has 0 spiro atoms. The number of nitrogens with zero attached hydrogens (tertiary/aromatic N) is 4. The number of benzene rings is 9. The number of para-hydroxylation sites is 3. The second kappa shape index (κ2) is 55.0. The summed E-state index contributed by atoms with van der Waals surface area (Å²) in [5, 5.41) is 40.5. The average molecular weight is 2500 g/mol. The minimum Gasteiger partial charge on any atom is -0.512 e. The Kier molecular flexibility index (Phi) is 49.1. The Morgan fingerprint density at radius 1 is 0.383 bits per heavy atom. The molecule has 4 radical (unpaired) electrons. The summed E-state index contributed by atoms with van der Waals surface area (Å²) in [6.07, 6.45) is 7.95. The van der Waals surface area contributed by atoms with Gasteiger partial charge in [0, 0.05) is 143 Å². The molecule has 0 unspecified atom stereocenters. The van der Waals surface area contributed by atoms with Gasteiger partial charge in [-0.1, -0.05) is 297 Å². The molecule has 0 aliphatic heterocycles. The number of pyridine rings is 4. The van der Waals surface area contributed by atoms with Gasteiger partial charge in [0.05, 0.1) is 27.9 Å². The Hall–Kier alpha value is -10.2. The molecule has 4 aromatic heterocycles. The van der Waals surface area contributed by atoms with Gasteiger partial charge in [-0.05, 0) is 147 Å². The molecule has 4 heterocycles. The third-order valence-corrected chi connectivity index (χ3v) is 20.1. The first kappa shape index (κ1) is 119. The molecule has 0 atom stereocenters. The van der Waals surface area contributed by atoms with E-state index in [0.717, 1.165) is 96.7 Å². The number of ketones is 4. The first-order valence-electron chi connectivity index (χ1n) is 44.2. The summed E-state index contributed by atoms with van der Waals surface area (Å²) in [5.74, 6) is 1.35. The van der Waals surface area contributed by atoms with Crippen LogP contribution in [0.25, 0.3) is 94.4 Å². The number of fused-ring (bicyclic) bond motifs is 3. The third-order valence-electron chi connectivity index (χ3n) is 20.1. The summed E-state index contributed by atoms with van der Waals surface area (Å²) in [7, 11) is 0. The number of aliphatic hydroxyl groups excluding tert-OH is 4. The van der Waals surface area contributed by atoms with E-state index in [2.05, 4.69) is 259 Å². The maximum absolute atomic E-state index is 11.5. The van der Waals surface area contributed by atoms with Crippen molar-refractivity contribution in [1.82, 2.24) is 19.9 Å². The van der Waals surface area contributed by atoms with Crippen molar-refractivity contribution in [2.24, 2.45) is 33.5 Å². The number of allylic oxidation sites excluding steroid dienone is 8. The second-order valence-electron chi connectivity index (χ2n) is 38.3. The summed E-state index contributed by atoms with van der Waals surface area (Å²) in [4.78, 5) is 63.2. The minimum absolute atomic E-state index is 0. The molecule has 16 heteroatoms. The van der Waals surface area contributed by atoms with Gasteiger partial charge in [-0.2, -0.15) is 0 Å². The van der Waals surface area contributed by atoms with E-state index in [9.17, 15) is 34.5 Å². The van der Waals surface area contributed by atoms with Gasteiger partial charge in [0.25, 0.3) is 0 Å². The van der Waals surface area contributed by atoms with Crippen molar-refractivity contribution in [3.8, 4) is 56.2 Å². The fourth-order valence-corrected chi connectivity index (χ4v) is 13.7. The summed E-state index contributed by atoms with van der Waals surface area (Å²) in [6, 6.07) is 85.9. The molecular weight excluding hydrogens is 2360 g/mol. The number of aliphatic hydroxyl groups is 4. The van der Waals surface area contributed by atoms with Crippen LogP contribution >= 0.6 is 0 Å². The zero-order valence-corrected chi connectivity index (χ0v) is 92.7. The summed E-state index contributed by atoms with van der Waals surface area (Å²) < 4.78 is 0. The molecule has 133 heavy (non-hydrogen) atoms. The van der Waals surface area contributed by atoms with Crippen molar-refractivity contribution in [3.05, 3.63) is 351 Å². The van der Waals surface area contributed by atoms with Gasteiger partial charge in [-0.25, -0.2) is 0 Å². The summed E-state index contributed by atoms with van der Waals surface area (Å²) in [5.41, 5.74) is 27.3. The molecule has 0 aliphatic rings. The van der Waals surface area contributed by atoms with E-state index >= 15 is 0 Å². The van der Waals surface area contributed by atoms with Crippen molar-refractivity contribution in [1.29, 1.82) is 0 Å². The number of rotatable bonds is 14. The van der Waals surface area contributed by atoms with Gasteiger partial charge < -0.3 is 25.4 Å². The van der Waals surface area contributed by atoms with E-state index in [-0.39, 0.29) is 137 Å². The van der Waals surface area contributed by atoms with Crippen molar-refractivity contribution >= 4 is 61.4 Å². The molecular formula is C117H136Ir4N4O8-4. The van der Waals surface area contributed by atoms with E-state index in [0.29, 0.717) is 17.4 Å². The van der Waals surface area contributed by atoms with Crippen molar-refractivity contribution in [3.63, 3.8) is 0 Å². The molecule has 0 bridgehead atoms. The van der Waals surface area contributed by atoms with E-state index in [1.54, 1.807) is 12.1 Å². The quantitative estimate of drug-likeness (QED) is 0.0457. The van der Waals surface area contributed by atoms with Crippen molar-refractivity contribution < 1.29 is 120 Å². The summed E-state index contributed by atoms with van der Waals surface area (Å²) in [6.45, 7) is 56.1. The van der Waals surface area contributed by atoms with Crippen LogP contribution < -0.4 is 0 Å². The Bertz CT molecular complexity index is 5880. The Morgan fingerprint density at radius 2 is 0.767 bits per heavy atom. The predicted molar refractivity (Wildman–Crippen MR) is 540 cm³/mol. The van der Waals surface area contributed by atoms with Crippen LogP contribution in [0.5, 0.6) is 0 Å². The van der Waals surface area contributed by atoms with Gasteiger partial charge >= 0.3 is 0 Å². The van der Waals surface area contributed by atoms with E-state index in [1.165, 1.54) is 118 Å². The second-order valence-corrected chi connectivity index (χ2v) is 38.3. The number of aromatic nitrogens is 4. The molecule has 12 nitrogen and oxygen atoms in total. The average Bonchev–Trinajstić information content (AvgIpc) is 0.791. The topological polar surface area (TPSA) is 201 Å². The van der Waals surface area contributed by atoms with Crippen molar-refractivity contribution in [2.45, 2.75) is 214 Å². The Balaban J connectivity index is 0.000000522. The van der Waals surface area contributed by atoms with Crippen LogP contribution in [-0.4, -0.2) is 63.5 Å². The number of carbonyl (C=O) groups is 4. The summed E-state index contributed by atoms with van der Waals surface area (Å²) >= 11 is 0. The van der Waals surface area contributed by atoms with Crippen LogP contribution in [0.15, 0.2) is 260 Å². The fourth-order valence-electron chi connectivity index (χ4n) is 13.7. The third kappa shape index (κ3) is 40.1. The molecule has 13 rings (SSSR count). The van der Waals surface area contributed by atoms with E-state index in [1.807, 2.05) is 150 Å². The van der Waals surface area contributed by atoms with Crippen LogP contribution in [0.4, 0.5) is 0 Å². The zero-order valence-electron chi connectivity index (χ0n) is 83.1. The van der Waals surface area contributed by atoms with E-state index in [4.69, 9.17) is 20.1 Å². The van der Waals surface area contributed by atoms with Gasteiger partial charge in [0.2, 0.25) is 0 Å². The number of carbonyl (C=O) groups excluding carboxylic acids is 4. The van der Waals surface area contributed by atoms with Crippen molar-refractivity contribution in [2.75, 3.05) is 0 Å². The molecule has 13 aromatic rings. The van der Waals surface area contributed by atoms with Crippen LogP contribution in [0.2, 0.25) is 0 Å². The molecule has 0 amide bonds. The number of aryl methyl sites for hydroxylation is 9.